The van der Waals surface area contributed by atoms with Gasteiger partial charge in [-0.3, -0.25) is 20.0 Å². The minimum atomic E-state index is -0.752. The minimum Gasteiger partial charge on any atom is -0.394 e. The number of amides is 2. The van der Waals surface area contributed by atoms with Crippen molar-refractivity contribution < 1.29 is 43.7 Å². The number of carbonyl (C=O) groups is 2. The molecule has 0 heterocycles. The number of benzene rings is 4. The van der Waals surface area contributed by atoms with E-state index in [1.54, 1.807) is 13.8 Å². The summed E-state index contributed by atoms with van der Waals surface area (Å²) in [5, 5.41) is 32.5. The number of carbonyl (C=O) groups excluding carboxylic acids is 2. The van der Waals surface area contributed by atoms with Crippen LogP contribution in [-0.2, 0) is 28.1 Å². The number of hydroxylamine groups is 4. The van der Waals surface area contributed by atoms with Gasteiger partial charge in [-0.15, -0.1) is 0 Å². The van der Waals surface area contributed by atoms with Gasteiger partial charge in [0.05, 0.1) is 23.9 Å². The summed E-state index contributed by atoms with van der Waals surface area (Å²) in [6.45, 7) is 3.44. The molecular weight excluding hydrogens is 603 g/mol. The zero-order valence-electron chi connectivity index (χ0n) is 25.8. The Labute approximate surface area is 277 Å². The average molecular weight is 646 g/mol. The Bertz CT molecular complexity index is 1250. The van der Waals surface area contributed by atoms with E-state index >= 15 is 0 Å². The maximum absolute atomic E-state index is 13.9. The van der Waals surface area contributed by atoms with Crippen LogP contribution in [0.25, 0.3) is 0 Å². The standard InChI is InChI=1S/C34H34N2O4.C3H8O.V/c37-33(31(25-15-5-1-6-16-25)26-17-7-2-8-18-26)35(39)29-23-13-14-24-30(29)36(40)34(38)32(27-19-9-3-10-20-27)28-21-11-4-12-22-28;1-3(2)4;/h1-12,15-22,29-32,39-40H,13-14,23-24H2;3-4H,1-2H3;/t29-,30-;;/m1../s1. The fourth-order valence-electron chi connectivity index (χ4n) is 5.79. The molecule has 0 aromatic heterocycles. The van der Waals surface area contributed by atoms with E-state index in [-0.39, 0.29) is 24.7 Å². The van der Waals surface area contributed by atoms with E-state index in [1.165, 1.54) is 0 Å². The molecular formula is C37H42N2O5V. The summed E-state index contributed by atoms with van der Waals surface area (Å²) in [7, 11) is 0. The van der Waals surface area contributed by atoms with Gasteiger partial charge >= 0.3 is 0 Å². The molecule has 5 rings (SSSR count). The van der Waals surface area contributed by atoms with Crippen LogP contribution in [0, 0.1) is 0 Å². The van der Waals surface area contributed by atoms with E-state index < -0.39 is 35.7 Å². The molecule has 3 N–H and O–H groups in total. The third-order valence-corrected chi connectivity index (χ3v) is 7.80. The second kappa shape index (κ2) is 17.7. The molecule has 2 amide bonds. The molecule has 1 aliphatic rings. The first kappa shape index (κ1) is 35.8. The van der Waals surface area contributed by atoms with E-state index in [2.05, 4.69) is 0 Å². The third kappa shape index (κ3) is 9.39. The molecule has 4 aromatic rings. The predicted molar refractivity (Wildman–Crippen MR) is 170 cm³/mol. The van der Waals surface area contributed by atoms with Crippen LogP contribution in [0.3, 0.4) is 0 Å². The molecule has 0 spiro atoms. The first-order valence-electron chi connectivity index (χ1n) is 15.2. The summed E-state index contributed by atoms with van der Waals surface area (Å²) in [4.78, 5) is 27.9. The molecule has 0 bridgehead atoms. The third-order valence-electron chi connectivity index (χ3n) is 7.80. The number of aliphatic hydroxyl groups excluding tert-OH is 1. The largest absolute Gasteiger partial charge is 0.394 e. The predicted octanol–water partition coefficient (Wildman–Crippen LogP) is 6.78. The van der Waals surface area contributed by atoms with Gasteiger partial charge in [-0.25, -0.2) is 10.1 Å². The Hall–Kier alpha value is -3.72. The zero-order chi connectivity index (χ0) is 31.5. The average Bonchev–Trinajstić information content (AvgIpc) is 3.06. The smallest absolute Gasteiger partial charge is 0.258 e. The maximum Gasteiger partial charge on any atom is 0.258 e. The molecule has 0 unspecified atom stereocenters. The topological polar surface area (TPSA) is 101 Å². The molecule has 235 valence electrons. The molecule has 0 saturated heterocycles. The molecule has 8 heteroatoms. The number of hydrogen-bond acceptors (Lipinski definition) is 5. The van der Waals surface area contributed by atoms with Crippen LogP contribution >= 0.6 is 0 Å². The first-order valence-corrected chi connectivity index (χ1v) is 15.2. The number of rotatable bonds is 8. The maximum atomic E-state index is 13.9. The van der Waals surface area contributed by atoms with Gasteiger partial charge in [-0.05, 0) is 48.9 Å². The molecule has 1 saturated carbocycles. The molecule has 2 atom stereocenters. The van der Waals surface area contributed by atoms with Crippen molar-refractivity contribution in [3.63, 3.8) is 0 Å². The van der Waals surface area contributed by atoms with Gasteiger partial charge in [0.15, 0.2) is 0 Å². The van der Waals surface area contributed by atoms with E-state index in [1.807, 2.05) is 121 Å². The molecule has 0 aliphatic heterocycles. The van der Waals surface area contributed by atoms with E-state index in [9.17, 15) is 20.0 Å². The van der Waals surface area contributed by atoms with Crippen LogP contribution in [0.5, 0.6) is 0 Å². The van der Waals surface area contributed by atoms with Crippen molar-refractivity contribution in [3.8, 4) is 0 Å². The first-order chi connectivity index (χ1) is 21.3. The zero-order valence-corrected chi connectivity index (χ0v) is 27.2. The Morgan fingerprint density at radius 1 is 0.556 bits per heavy atom. The normalized spacial score (nSPS) is 15.9. The Kier molecular flexibility index (Phi) is 14.1. The van der Waals surface area contributed by atoms with Gasteiger partial charge < -0.3 is 5.11 Å². The summed E-state index contributed by atoms with van der Waals surface area (Å²) < 4.78 is 0. The van der Waals surface area contributed by atoms with Crippen molar-refractivity contribution in [1.82, 2.24) is 10.1 Å². The van der Waals surface area contributed by atoms with Crippen LogP contribution in [0.1, 0.15) is 73.6 Å². The van der Waals surface area contributed by atoms with E-state index in [0.717, 1.165) is 45.2 Å². The summed E-state index contributed by atoms with van der Waals surface area (Å²) >= 11 is 0. The van der Waals surface area contributed by atoms with E-state index in [0.29, 0.717) is 12.8 Å². The van der Waals surface area contributed by atoms with Crippen molar-refractivity contribution in [1.29, 1.82) is 0 Å². The molecule has 1 aliphatic carbocycles. The number of hydrogen-bond donors (Lipinski definition) is 3. The fourth-order valence-corrected chi connectivity index (χ4v) is 5.79. The second-order valence-electron chi connectivity index (χ2n) is 11.4. The summed E-state index contributed by atoms with van der Waals surface area (Å²) in [6.07, 6.45) is 2.31. The van der Waals surface area contributed by atoms with Gasteiger partial charge in [0, 0.05) is 24.7 Å². The number of nitrogens with zero attached hydrogens (tertiary/aromatic N) is 2. The summed E-state index contributed by atoms with van der Waals surface area (Å²) in [5.41, 5.74) is 3.04. The Morgan fingerprint density at radius 3 is 1.00 bits per heavy atom. The fraction of sp³-hybridized carbons (Fsp3) is 0.297. The Balaban J connectivity index is 0.00000104. The minimum absolute atomic E-state index is 0. The van der Waals surface area contributed by atoms with Gasteiger partial charge in [0.1, 0.15) is 0 Å². The van der Waals surface area contributed by atoms with Gasteiger partial charge in [-0.1, -0.05) is 134 Å². The molecule has 1 fully saturated rings. The van der Waals surface area contributed by atoms with Crippen molar-refractivity contribution >= 4 is 11.8 Å². The summed E-state index contributed by atoms with van der Waals surface area (Å²) in [6, 6.07) is 35.9. The van der Waals surface area contributed by atoms with Crippen LogP contribution in [0.15, 0.2) is 121 Å². The van der Waals surface area contributed by atoms with Crippen molar-refractivity contribution in [2.45, 2.75) is 69.6 Å². The van der Waals surface area contributed by atoms with Crippen LogP contribution in [-0.4, -0.2) is 55.6 Å². The van der Waals surface area contributed by atoms with Crippen LogP contribution in [0.2, 0.25) is 0 Å². The van der Waals surface area contributed by atoms with Crippen molar-refractivity contribution in [2.75, 3.05) is 0 Å². The van der Waals surface area contributed by atoms with Crippen LogP contribution < -0.4 is 0 Å². The Morgan fingerprint density at radius 2 is 0.778 bits per heavy atom. The monoisotopic (exact) mass is 645 g/mol. The van der Waals surface area contributed by atoms with Gasteiger partial charge in [-0.2, -0.15) is 0 Å². The molecule has 45 heavy (non-hydrogen) atoms. The van der Waals surface area contributed by atoms with Crippen molar-refractivity contribution in [3.05, 3.63) is 144 Å². The second-order valence-corrected chi connectivity index (χ2v) is 11.4. The van der Waals surface area contributed by atoms with Crippen LogP contribution in [0.4, 0.5) is 0 Å². The van der Waals surface area contributed by atoms with Crippen molar-refractivity contribution in [2.24, 2.45) is 0 Å². The molecule has 4 aromatic carbocycles. The van der Waals surface area contributed by atoms with E-state index in [4.69, 9.17) is 5.11 Å². The van der Waals surface area contributed by atoms with Gasteiger partial charge in [0.2, 0.25) is 0 Å². The SMILES string of the molecule is CC(C)O.O=C(C(c1ccccc1)c1ccccc1)N(O)[C@@H]1CCCC[C@H]1N(O)C(=O)C(c1ccccc1)c1ccccc1.[V]. The molecule has 1 radical (unpaired) electrons. The number of aliphatic hydroxyl groups is 1. The summed E-state index contributed by atoms with van der Waals surface area (Å²) in [5.74, 6) is -2.42. The molecule has 7 nitrogen and oxygen atoms in total. The van der Waals surface area contributed by atoms with Gasteiger partial charge in [0.25, 0.3) is 11.8 Å². The quantitative estimate of drug-likeness (QED) is 0.145.